The molecule has 0 N–H and O–H groups in total. The zero-order valence-corrected chi connectivity index (χ0v) is 17.2. The molecule has 0 radical (unpaired) electrons. The van der Waals surface area contributed by atoms with Crippen LogP contribution in [0.3, 0.4) is 0 Å². The van der Waals surface area contributed by atoms with Gasteiger partial charge in [0.2, 0.25) is 0 Å². The van der Waals surface area contributed by atoms with Gasteiger partial charge in [0.25, 0.3) is 5.91 Å². The summed E-state index contributed by atoms with van der Waals surface area (Å²) in [6, 6.07) is 13.3. The highest BCUT2D eigenvalue weighted by atomic mass is 35.5. The van der Waals surface area contributed by atoms with E-state index in [0.29, 0.717) is 21.4 Å². The van der Waals surface area contributed by atoms with Crippen LogP contribution in [-0.2, 0) is 9.53 Å². The number of carbonyl (C=O) groups is 2. The second-order valence-electron chi connectivity index (χ2n) is 6.46. The third-order valence-corrected chi connectivity index (χ3v) is 5.89. The number of amides is 1. The van der Waals surface area contributed by atoms with E-state index < -0.39 is 12.0 Å². The maximum atomic E-state index is 13.3. The fourth-order valence-corrected chi connectivity index (χ4v) is 4.63. The standard InChI is InChI=1S/C20H19Cl2NO3S/c1-12(2)26-20(25)17-11-27-19(14-4-3-5-16(22)10-14)23(17)18(24)13-6-8-15(21)9-7-13/h3-10,12,17,19H,11H2,1-2H3/t17-,19-/m0/s1. The van der Waals surface area contributed by atoms with Gasteiger partial charge in [-0.05, 0) is 55.8 Å². The molecule has 0 spiro atoms. The molecule has 0 aliphatic carbocycles. The van der Waals surface area contributed by atoms with Crippen LogP contribution in [0.25, 0.3) is 0 Å². The molecule has 0 unspecified atom stereocenters. The summed E-state index contributed by atoms with van der Waals surface area (Å²) in [5, 5.41) is 0.807. The number of thioether (sulfide) groups is 1. The Morgan fingerprint density at radius 3 is 2.44 bits per heavy atom. The first-order valence-electron chi connectivity index (χ1n) is 8.52. The van der Waals surface area contributed by atoms with Crippen molar-refractivity contribution in [2.45, 2.75) is 31.4 Å². The summed E-state index contributed by atoms with van der Waals surface area (Å²) in [7, 11) is 0. The summed E-state index contributed by atoms with van der Waals surface area (Å²) in [6.07, 6.45) is -0.250. The van der Waals surface area contributed by atoms with Crippen molar-refractivity contribution in [3.05, 3.63) is 69.7 Å². The molecule has 0 bridgehead atoms. The molecule has 1 saturated heterocycles. The monoisotopic (exact) mass is 423 g/mol. The minimum Gasteiger partial charge on any atom is -0.461 e. The van der Waals surface area contributed by atoms with E-state index in [0.717, 1.165) is 5.56 Å². The largest absolute Gasteiger partial charge is 0.461 e. The summed E-state index contributed by atoms with van der Waals surface area (Å²) >= 11 is 13.6. The van der Waals surface area contributed by atoms with Crippen molar-refractivity contribution in [1.29, 1.82) is 0 Å². The van der Waals surface area contributed by atoms with Gasteiger partial charge in [-0.1, -0.05) is 35.3 Å². The molecule has 7 heteroatoms. The number of esters is 1. The molecule has 1 aliphatic rings. The molecule has 3 rings (SSSR count). The molecule has 0 aromatic heterocycles. The summed E-state index contributed by atoms with van der Waals surface area (Å²) in [4.78, 5) is 27.5. The third kappa shape index (κ3) is 4.60. The number of ether oxygens (including phenoxy) is 1. The lowest BCUT2D eigenvalue weighted by Gasteiger charge is -2.29. The van der Waals surface area contributed by atoms with Crippen molar-refractivity contribution >= 4 is 46.8 Å². The Balaban J connectivity index is 1.97. The van der Waals surface area contributed by atoms with Crippen molar-refractivity contribution in [3.8, 4) is 0 Å². The Morgan fingerprint density at radius 1 is 1.11 bits per heavy atom. The van der Waals surface area contributed by atoms with Crippen LogP contribution in [0.15, 0.2) is 48.5 Å². The van der Waals surface area contributed by atoms with Crippen LogP contribution < -0.4 is 0 Å². The number of hydrogen-bond acceptors (Lipinski definition) is 4. The van der Waals surface area contributed by atoms with Crippen LogP contribution in [-0.4, -0.2) is 34.7 Å². The molecule has 2 aromatic rings. The Morgan fingerprint density at radius 2 is 1.81 bits per heavy atom. The fraction of sp³-hybridized carbons (Fsp3) is 0.300. The van der Waals surface area contributed by atoms with Gasteiger partial charge < -0.3 is 9.64 Å². The number of carbonyl (C=O) groups excluding carboxylic acids is 2. The molecule has 2 atom stereocenters. The number of rotatable bonds is 4. The summed E-state index contributed by atoms with van der Waals surface area (Å²) in [5.74, 6) is -0.182. The van der Waals surface area contributed by atoms with Crippen molar-refractivity contribution in [2.75, 3.05) is 5.75 Å². The maximum absolute atomic E-state index is 13.3. The number of hydrogen-bond donors (Lipinski definition) is 0. The Hall–Kier alpha value is -1.69. The molecule has 1 heterocycles. The predicted molar refractivity (Wildman–Crippen MR) is 109 cm³/mol. The van der Waals surface area contributed by atoms with E-state index >= 15 is 0 Å². The second kappa shape index (κ2) is 8.55. The average molecular weight is 424 g/mol. The van der Waals surface area contributed by atoms with E-state index in [2.05, 4.69) is 0 Å². The van der Waals surface area contributed by atoms with Gasteiger partial charge in [0.1, 0.15) is 11.4 Å². The summed E-state index contributed by atoms with van der Waals surface area (Å²) in [6.45, 7) is 3.58. The first kappa shape index (κ1) is 20.1. The van der Waals surface area contributed by atoms with Gasteiger partial charge in [-0.25, -0.2) is 4.79 Å². The molecule has 2 aromatic carbocycles. The van der Waals surface area contributed by atoms with Gasteiger partial charge in [-0.2, -0.15) is 0 Å². The van der Waals surface area contributed by atoms with E-state index in [1.807, 2.05) is 18.2 Å². The SMILES string of the molecule is CC(C)OC(=O)[C@@H]1CS[C@@H](c2cccc(Cl)c2)N1C(=O)c1ccc(Cl)cc1. The minimum atomic E-state index is -0.662. The number of nitrogens with zero attached hydrogens (tertiary/aromatic N) is 1. The van der Waals surface area contributed by atoms with Crippen molar-refractivity contribution in [2.24, 2.45) is 0 Å². The Labute approximate surface area is 172 Å². The molecular formula is C20H19Cl2NO3S. The minimum absolute atomic E-state index is 0.243. The molecule has 27 heavy (non-hydrogen) atoms. The average Bonchev–Trinajstić information content (AvgIpc) is 3.06. The van der Waals surface area contributed by atoms with Crippen LogP contribution in [0, 0.1) is 0 Å². The van der Waals surface area contributed by atoms with Crippen molar-refractivity contribution in [1.82, 2.24) is 4.90 Å². The second-order valence-corrected chi connectivity index (χ2v) is 8.45. The normalized spacial score (nSPS) is 19.4. The van der Waals surface area contributed by atoms with Crippen molar-refractivity contribution < 1.29 is 14.3 Å². The maximum Gasteiger partial charge on any atom is 0.330 e. The highest BCUT2D eigenvalue weighted by Crippen LogP contribution is 2.43. The Kier molecular flexibility index (Phi) is 6.35. The molecule has 1 fully saturated rings. The van der Waals surface area contributed by atoms with Crippen LogP contribution in [0.4, 0.5) is 0 Å². The van der Waals surface area contributed by atoms with Gasteiger partial charge >= 0.3 is 5.97 Å². The smallest absolute Gasteiger partial charge is 0.330 e. The van der Waals surface area contributed by atoms with E-state index in [-0.39, 0.29) is 17.4 Å². The fourth-order valence-electron chi connectivity index (χ4n) is 2.91. The van der Waals surface area contributed by atoms with Crippen LogP contribution >= 0.6 is 35.0 Å². The quantitative estimate of drug-likeness (QED) is 0.633. The van der Waals surface area contributed by atoms with Crippen LogP contribution in [0.2, 0.25) is 10.0 Å². The Bertz CT molecular complexity index is 841. The third-order valence-electron chi connectivity index (χ3n) is 4.08. The zero-order chi connectivity index (χ0) is 19.6. The van der Waals surface area contributed by atoms with E-state index in [1.54, 1.807) is 49.1 Å². The van der Waals surface area contributed by atoms with Crippen LogP contribution in [0.5, 0.6) is 0 Å². The lowest BCUT2D eigenvalue weighted by atomic mass is 10.1. The molecule has 0 saturated carbocycles. The first-order chi connectivity index (χ1) is 12.9. The van der Waals surface area contributed by atoms with Gasteiger partial charge in [0.05, 0.1) is 6.10 Å². The van der Waals surface area contributed by atoms with Gasteiger partial charge in [0.15, 0.2) is 0 Å². The van der Waals surface area contributed by atoms with Gasteiger partial charge in [-0.3, -0.25) is 4.79 Å². The van der Waals surface area contributed by atoms with Gasteiger partial charge in [-0.15, -0.1) is 11.8 Å². The van der Waals surface area contributed by atoms with Crippen LogP contribution in [0.1, 0.15) is 35.1 Å². The zero-order valence-electron chi connectivity index (χ0n) is 14.9. The summed E-state index contributed by atoms with van der Waals surface area (Å²) < 4.78 is 5.38. The number of benzene rings is 2. The summed E-state index contributed by atoms with van der Waals surface area (Å²) in [5.41, 5.74) is 1.34. The molecular weight excluding hydrogens is 405 g/mol. The number of halogens is 2. The lowest BCUT2D eigenvalue weighted by Crippen LogP contribution is -2.44. The topological polar surface area (TPSA) is 46.6 Å². The highest BCUT2D eigenvalue weighted by Gasteiger charge is 2.43. The molecule has 1 amide bonds. The first-order valence-corrected chi connectivity index (χ1v) is 10.3. The van der Waals surface area contributed by atoms with Gasteiger partial charge in [0, 0.05) is 21.4 Å². The molecule has 1 aliphatic heterocycles. The van der Waals surface area contributed by atoms with E-state index in [1.165, 1.54) is 11.8 Å². The van der Waals surface area contributed by atoms with E-state index in [9.17, 15) is 9.59 Å². The highest BCUT2D eigenvalue weighted by molar-refractivity contribution is 7.99. The predicted octanol–water partition coefficient (Wildman–Crippen LogP) is 5.20. The lowest BCUT2D eigenvalue weighted by molar-refractivity contribution is -0.151. The molecule has 4 nitrogen and oxygen atoms in total. The molecule has 142 valence electrons. The van der Waals surface area contributed by atoms with Crippen molar-refractivity contribution in [3.63, 3.8) is 0 Å². The van der Waals surface area contributed by atoms with E-state index in [4.69, 9.17) is 27.9 Å².